The maximum absolute atomic E-state index is 5.97. The Morgan fingerprint density at radius 3 is 2.95 bits per heavy atom. The molecule has 0 saturated heterocycles. The van der Waals surface area contributed by atoms with E-state index in [9.17, 15) is 0 Å². The number of anilines is 1. The highest BCUT2D eigenvalue weighted by Gasteiger charge is 2.17. The summed E-state index contributed by atoms with van der Waals surface area (Å²) in [7, 11) is 0. The Balaban J connectivity index is 1.82. The van der Waals surface area contributed by atoms with Crippen molar-refractivity contribution in [1.29, 1.82) is 0 Å². The Hall–Kier alpha value is -0.460. The molecular weight excluding hydrogens is 452 g/mol. The third-order valence-electron chi connectivity index (χ3n) is 3.23. The van der Waals surface area contributed by atoms with Gasteiger partial charge in [-0.1, -0.05) is 27.5 Å². The van der Waals surface area contributed by atoms with Crippen LogP contribution in [0.25, 0.3) is 0 Å². The summed E-state index contributed by atoms with van der Waals surface area (Å²) in [6.45, 7) is 1.51. The van der Waals surface area contributed by atoms with Crippen LogP contribution in [0.3, 0.4) is 0 Å². The Morgan fingerprint density at radius 2 is 2.15 bits per heavy atom. The smallest absolute Gasteiger partial charge is 0.127 e. The Kier molecular flexibility index (Phi) is 4.43. The molecular formula is C15H12BrClINO. The summed E-state index contributed by atoms with van der Waals surface area (Å²) in [5.74, 6) is 1.03. The topological polar surface area (TPSA) is 21.3 Å². The van der Waals surface area contributed by atoms with E-state index in [1.54, 1.807) is 0 Å². The van der Waals surface area contributed by atoms with Crippen LogP contribution in [-0.4, -0.2) is 6.61 Å². The molecule has 2 aromatic carbocycles. The first kappa shape index (κ1) is 14.5. The number of rotatable bonds is 3. The molecule has 104 valence electrons. The predicted molar refractivity (Wildman–Crippen MR) is 94.8 cm³/mol. The lowest BCUT2D eigenvalue weighted by Crippen LogP contribution is -2.03. The fourth-order valence-electron chi connectivity index (χ4n) is 2.30. The number of fused-ring (bicyclic) bond motifs is 1. The van der Waals surface area contributed by atoms with Gasteiger partial charge in [-0.2, -0.15) is 0 Å². The van der Waals surface area contributed by atoms with Crippen LogP contribution in [-0.2, 0) is 13.0 Å². The second-order valence-electron chi connectivity index (χ2n) is 4.63. The van der Waals surface area contributed by atoms with E-state index in [-0.39, 0.29) is 0 Å². The lowest BCUT2D eigenvalue weighted by atomic mass is 10.1. The minimum atomic E-state index is 0.736. The number of nitrogens with one attached hydrogen (secondary N) is 1. The number of benzene rings is 2. The van der Waals surface area contributed by atoms with Gasteiger partial charge < -0.3 is 10.1 Å². The van der Waals surface area contributed by atoms with Crippen LogP contribution < -0.4 is 10.1 Å². The average Bonchev–Trinajstić information content (AvgIpc) is 2.85. The third-order valence-corrected chi connectivity index (χ3v) is 4.81. The summed E-state index contributed by atoms with van der Waals surface area (Å²) in [5, 5.41) is 4.20. The summed E-state index contributed by atoms with van der Waals surface area (Å²) in [6, 6.07) is 10.1. The van der Waals surface area contributed by atoms with Crippen molar-refractivity contribution in [1.82, 2.24) is 0 Å². The fourth-order valence-corrected chi connectivity index (χ4v) is 3.92. The number of hydrogen-bond acceptors (Lipinski definition) is 2. The zero-order valence-electron chi connectivity index (χ0n) is 10.6. The first-order valence-electron chi connectivity index (χ1n) is 6.26. The molecule has 0 bridgehead atoms. The molecule has 1 aliphatic heterocycles. The van der Waals surface area contributed by atoms with Crippen LogP contribution in [0.5, 0.6) is 5.75 Å². The van der Waals surface area contributed by atoms with Gasteiger partial charge >= 0.3 is 0 Å². The molecule has 0 aliphatic carbocycles. The van der Waals surface area contributed by atoms with E-state index in [2.05, 4.69) is 56.0 Å². The van der Waals surface area contributed by atoms with Gasteiger partial charge in [-0.15, -0.1) is 0 Å². The summed E-state index contributed by atoms with van der Waals surface area (Å²) >= 11 is 11.8. The molecule has 0 fully saturated rings. The van der Waals surface area contributed by atoms with Crippen molar-refractivity contribution in [3.8, 4) is 5.75 Å². The standard InChI is InChI=1S/C15H12BrClINO/c16-11-5-9-3-4-20-15(9)10(6-11)8-19-14-2-1-12(17)7-13(14)18/h1-2,5-7,19H,3-4,8H2. The molecule has 0 amide bonds. The van der Waals surface area contributed by atoms with Crippen molar-refractivity contribution >= 4 is 55.8 Å². The van der Waals surface area contributed by atoms with Gasteiger partial charge in [-0.25, -0.2) is 0 Å². The molecule has 1 heterocycles. The van der Waals surface area contributed by atoms with Gasteiger partial charge in [0.2, 0.25) is 0 Å². The van der Waals surface area contributed by atoms with Crippen LogP contribution in [0, 0.1) is 3.57 Å². The maximum atomic E-state index is 5.97. The molecule has 0 unspecified atom stereocenters. The maximum Gasteiger partial charge on any atom is 0.127 e. The van der Waals surface area contributed by atoms with E-state index in [4.69, 9.17) is 16.3 Å². The van der Waals surface area contributed by atoms with Crippen molar-refractivity contribution in [2.75, 3.05) is 11.9 Å². The van der Waals surface area contributed by atoms with Crippen molar-refractivity contribution in [3.05, 3.63) is 54.5 Å². The minimum absolute atomic E-state index is 0.736. The molecule has 0 spiro atoms. The van der Waals surface area contributed by atoms with E-state index in [0.29, 0.717) is 0 Å². The third kappa shape index (κ3) is 3.07. The predicted octanol–water partition coefficient (Wildman–Crippen LogP) is 5.25. The summed E-state index contributed by atoms with van der Waals surface area (Å²) in [4.78, 5) is 0. The molecule has 1 N–H and O–H groups in total. The highest BCUT2D eigenvalue weighted by Crippen LogP contribution is 2.33. The molecule has 3 rings (SSSR count). The normalized spacial score (nSPS) is 12.9. The summed E-state index contributed by atoms with van der Waals surface area (Å²) in [6.07, 6.45) is 0.986. The molecule has 0 radical (unpaired) electrons. The van der Waals surface area contributed by atoms with Gasteiger partial charge in [0, 0.05) is 37.3 Å². The Bertz CT molecular complexity index is 663. The Labute approximate surface area is 145 Å². The first-order valence-corrected chi connectivity index (χ1v) is 8.51. The van der Waals surface area contributed by atoms with E-state index < -0.39 is 0 Å². The van der Waals surface area contributed by atoms with Crippen molar-refractivity contribution in [2.24, 2.45) is 0 Å². The fraction of sp³-hybridized carbons (Fsp3) is 0.200. The van der Waals surface area contributed by atoms with E-state index in [1.165, 1.54) is 11.1 Å². The molecule has 20 heavy (non-hydrogen) atoms. The summed E-state index contributed by atoms with van der Waals surface area (Å²) < 4.78 is 7.95. The number of halogens is 3. The Morgan fingerprint density at radius 1 is 1.30 bits per heavy atom. The molecule has 2 nitrogen and oxygen atoms in total. The quantitative estimate of drug-likeness (QED) is 0.627. The van der Waals surface area contributed by atoms with E-state index in [1.807, 2.05) is 18.2 Å². The van der Waals surface area contributed by atoms with Gasteiger partial charge in [0.15, 0.2) is 0 Å². The van der Waals surface area contributed by atoms with Gasteiger partial charge in [0.05, 0.1) is 6.61 Å². The molecule has 0 saturated carbocycles. The van der Waals surface area contributed by atoms with Crippen LogP contribution in [0.15, 0.2) is 34.8 Å². The largest absolute Gasteiger partial charge is 0.493 e. The minimum Gasteiger partial charge on any atom is -0.493 e. The van der Waals surface area contributed by atoms with Crippen molar-refractivity contribution in [2.45, 2.75) is 13.0 Å². The highest BCUT2D eigenvalue weighted by atomic mass is 127. The molecule has 0 atom stereocenters. The van der Waals surface area contributed by atoms with Gasteiger partial charge in [0.1, 0.15) is 5.75 Å². The van der Waals surface area contributed by atoms with Gasteiger partial charge in [-0.3, -0.25) is 0 Å². The highest BCUT2D eigenvalue weighted by molar-refractivity contribution is 14.1. The van der Waals surface area contributed by atoms with Crippen molar-refractivity contribution in [3.63, 3.8) is 0 Å². The second-order valence-corrected chi connectivity index (χ2v) is 7.14. The first-order chi connectivity index (χ1) is 9.63. The van der Waals surface area contributed by atoms with Crippen LogP contribution >= 0.6 is 50.1 Å². The van der Waals surface area contributed by atoms with Crippen molar-refractivity contribution < 1.29 is 4.74 Å². The monoisotopic (exact) mass is 463 g/mol. The van der Waals surface area contributed by atoms with Crippen LogP contribution in [0.1, 0.15) is 11.1 Å². The van der Waals surface area contributed by atoms with Gasteiger partial charge in [-0.05, 0) is 58.5 Å². The average molecular weight is 465 g/mol. The second kappa shape index (κ2) is 6.12. The van der Waals surface area contributed by atoms with Gasteiger partial charge in [0.25, 0.3) is 0 Å². The zero-order valence-corrected chi connectivity index (χ0v) is 15.0. The molecule has 1 aliphatic rings. The SMILES string of the molecule is Clc1ccc(NCc2cc(Br)cc3c2OCC3)c(I)c1. The lowest BCUT2D eigenvalue weighted by Gasteiger charge is -2.12. The molecule has 0 aromatic heterocycles. The molecule has 5 heteroatoms. The number of hydrogen-bond donors (Lipinski definition) is 1. The van der Waals surface area contributed by atoms with Crippen LogP contribution in [0.2, 0.25) is 5.02 Å². The lowest BCUT2D eigenvalue weighted by molar-refractivity contribution is 0.354. The van der Waals surface area contributed by atoms with E-state index in [0.717, 1.165) is 44.1 Å². The summed E-state index contributed by atoms with van der Waals surface area (Å²) in [5.41, 5.74) is 3.54. The molecule has 2 aromatic rings. The zero-order chi connectivity index (χ0) is 14.1. The van der Waals surface area contributed by atoms with E-state index >= 15 is 0 Å². The van der Waals surface area contributed by atoms with Crippen LogP contribution in [0.4, 0.5) is 5.69 Å². The number of ether oxygens (including phenoxy) is 1.